The molecule has 0 atom stereocenters. The van der Waals surface area contributed by atoms with Crippen LogP contribution in [0.2, 0.25) is 0 Å². The van der Waals surface area contributed by atoms with E-state index in [1.807, 2.05) is 0 Å². The molecule has 5 nitrogen and oxygen atoms in total. The summed E-state index contributed by atoms with van der Waals surface area (Å²) in [6, 6.07) is 9.75. The molecule has 5 heteroatoms. The number of carbonyl (C=O) groups excluding carboxylic acids is 2. The summed E-state index contributed by atoms with van der Waals surface area (Å²) < 4.78 is 10.6. The molecule has 1 aromatic carbocycles. The number of primary amides is 1. The van der Waals surface area contributed by atoms with Crippen LogP contribution in [0.5, 0.6) is 5.75 Å². The Morgan fingerprint density at radius 3 is 2.83 bits per heavy atom. The molecular formula is C13H11NO4. The topological polar surface area (TPSA) is 82.5 Å². The Hall–Kier alpha value is -2.56. The summed E-state index contributed by atoms with van der Waals surface area (Å²) in [5.41, 5.74) is 5.53. The van der Waals surface area contributed by atoms with Gasteiger partial charge < -0.3 is 14.9 Å². The van der Waals surface area contributed by atoms with Gasteiger partial charge >= 0.3 is 0 Å². The van der Waals surface area contributed by atoms with Crippen molar-refractivity contribution in [2.75, 3.05) is 0 Å². The van der Waals surface area contributed by atoms with Gasteiger partial charge in [-0.1, -0.05) is 6.07 Å². The molecule has 18 heavy (non-hydrogen) atoms. The number of ether oxygens (including phenoxy) is 1. The Bertz CT molecular complexity index is 574. The van der Waals surface area contributed by atoms with Crippen LogP contribution in [0.4, 0.5) is 0 Å². The molecule has 0 fully saturated rings. The summed E-state index contributed by atoms with van der Waals surface area (Å²) in [6.07, 6.45) is 0.622. The molecule has 0 aliphatic rings. The van der Waals surface area contributed by atoms with E-state index >= 15 is 0 Å². The number of nitrogens with two attached hydrogens (primary N) is 1. The van der Waals surface area contributed by atoms with Crippen molar-refractivity contribution in [2.45, 2.75) is 6.61 Å². The van der Waals surface area contributed by atoms with Gasteiger partial charge in [0.15, 0.2) is 12.0 Å². The highest BCUT2D eigenvalue weighted by Crippen LogP contribution is 2.15. The minimum Gasteiger partial charge on any atom is -0.486 e. The molecule has 0 saturated carbocycles. The largest absolute Gasteiger partial charge is 0.486 e. The maximum atomic E-state index is 11.0. The van der Waals surface area contributed by atoms with Crippen molar-refractivity contribution in [3.8, 4) is 5.75 Å². The lowest BCUT2D eigenvalue weighted by molar-refractivity contribution is 0.0999. The first-order valence-electron chi connectivity index (χ1n) is 5.25. The molecule has 0 saturated heterocycles. The standard InChI is InChI=1S/C13H11NO4/c14-13(16)9-2-1-3-10(6-9)17-8-12-5-4-11(7-15)18-12/h1-7H,8H2,(H2,14,16). The summed E-state index contributed by atoms with van der Waals surface area (Å²) in [7, 11) is 0. The van der Waals surface area contributed by atoms with Crippen LogP contribution in [-0.4, -0.2) is 12.2 Å². The van der Waals surface area contributed by atoms with Crippen LogP contribution in [0, 0.1) is 0 Å². The number of benzene rings is 1. The van der Waals surface area contributed by atoms with E-state index in [9.17, 15) is 9.59 Å². The lowest BCUT2D eigenvalue weighted by atomic mass is 10.2. The highest BCUT2D eigenvalue weighted by atomic mass is 16.5. The van der Waals surface area contributed by atoms with Gasteiger partial charge in [-0.05, 0) is 30.3 Å². The van der Waals surface area contributed by atoms with Crippen LogP contribution in [0.1, 0.15) is 26.7 Å². The number of aldehydes is 1. The van der Waals surface area contributed by atoms with Gasteiger partial charge in [-0.25, -0.2) is 0 Å². The molecule has 92 valence electrons. The summed E-state index contributed by atoms with van der Waals surface area (Å²) in [6.45, 7) is 0.177. The van der Waals surface area contributed by atoms with Gasteiger partial charge in [-0.15, -0.1) is 0 Å². The van der Waals surface area contributed by atoms with Crippen LogP contribution in [-0.2, 0) is 6.61 Å². The molecule has 0 radical (unpaired) electrons. The summed E-state index contributed by atoms with van der Waals surface area (Å²) in [5.74, 6) is 0.776. The SMILES string of the molecule is NC(=O)c1cccc(OCc2ccc(C=O)o2)c1. The zero-order valence-corrected chi connectivity index (χ0v) is 9.46. The molecule has 2 N–H and O–H groups in total. The molecule has 1 amide bonds. The normalized spacial score (nSPS) is 10.0. The van der Waals surface area contributed by atoms with Crippen molar-refractivity contribution in [1.29, 1.82) is 0 Å². The highest BCUT2D eigenvalue weighted by molar-refractivity contribution is 5.93. The second-order valence-corrected chi connectivity index (χ2v) is 3.60. The van der Waals surface area contributed by atoms with Crippen molar-refractivity contribution in [3.63, 3.8) is 0 Å². The van der Waals surface area contributed by atoms with Crippen molar-refractivity contribution in [1.82, 2.24) is 0 Å². The van der Waals surface area contributed by atoms with Crippen LogP contribution < -0.4 is 10.5 Å². The van der Waals surface area contributed by atoms with E-state index in [-0.39, 0.29) is 12.4 Å². The zero-order valence-electron chi connectivity index (χ0n) is 9.46. The average molecular weight is 245 g/mol. The zero-order chi connectivity index (χ0) is 13.0. The van der Waals surface area contributed by atoms with Crippen molar-refractivity contribution >= 4 is 12.2 Å². The van der Waals surface area contributed by atoms with Gasteiger partial charge in [0.1, 0.15) is 18.1 Å². The van der Waals surface area contributed by atoms with Crippen LogP contribution in [0.3, 0.4) is 0 Å². The molecule has 2 rings (SSSR count). The first-order chi connectivity index (χ1) is 8.69. The number of amides is 1. The third-order valence-corrected chi connectivity index (χ3v) is 2.30. The fraction of sp³-hybridized carbons (Fsp3) is 0.0769. The summed E-state index contributed by atoms with van der Waals surface area (Å²) >= 11 is 0. The molecule has 2 aromatic rings. The molecule has 0 spiro atoms. The third-order valence-electron chi connectivity index (χ3n) is 2.30. The Kier molecular flexibility index (Phi) is 3.43. The monoisotopic (exact) mass is 245 g/mol. The fourth-order valence-electron chi connectivity index (χ4n) is 1.43. The predicted molar refractivity (Wildman–Crippen MR) is 63.4 cm³/mol. The minimum absolute atomic E-state index is 0.177. The second kappa shape index (κ2) is 5.18. The van der Waals surface area contributed by atoms with E-state index in [1.165, 1.54) is 0 Å². The molecular weight excluding hydrogens is 234 g/mol. The maximum absolute atomic E-state index is 11.0. The van der Waals surface area contributed by atoms with Crippen LogP contribution >= 0.6 is 0 Å². The first-order valence-corrected chi connectivity index (χ1v) is 5.25. The lowest BCUT2D eigenvalue weighted by Crippen LogP contribution is -2.10. The molecule has 0 aliphatic heterocycles. The van der Waals surface area contributed by atoms with Crippen molar-refractivity contribution < 1.29 is 18.7 Å². The number of hydrogen-bond donors (Lipinski definition) is 1. The number of furan rings is 1. The Morgan fingerprint density at radius 1 is 1.33 bits per heavy atom. The summed E-state index contributed by atoms with van der Waals surface area (Å²) in [4.78, 5) is 21.4. The van der Waals surface area contributed by atoms with E-state index in [4.69, 9.17) is 14.9 Å². The number of hydrogen-bond acceptors (Lipinski definition) is 4. The Labute approximate surface area is 103 Å². The molecule has 0 unspecified atom stereocenters. The molecule has 0 bridgehead atoms. The van der Waals surface area contributed by atoms with E-state index in [1.54, 1.807) is 36.4 Å². The quantitative estimate of drug-likeness (QED) is 0.814. The van der Waals surface area contributed by atoms with Crippen LogP contribution in [0.25, 0.3) is 0 Å². The van der Waals surface area contributed by atoms with E-state index in [0.29, 0.717) is 23.4 Å². The van der Waals surface area contributed by atoms with E-state index < -0.39 is 5.91 Å². The smallest absolute Gasteiger partial charge is 0.248 e. The van der Waals surface area contributed by atoms with Crippen molar-refractivity contribution in [2.24, 2.45) is 5.73 Å². The lowest BCUT2D eigenvalue weighted by Gasteiger charge is -2.04. The number of carbonyl (C=O) groups is 2. The molecule has 0 aliphatic carbocycles. The van der Waals surface area contributed by atoms with E-state index in [0.717, 1.165) is 0 Å². The molecule has 1 aromatic heterocycles. The van der Waals surface area contributed by atoms with Gasteiger partial charge in [0.05, 0.1) is 0 Å². The minimum atomic E-state index is -0.512. The third kappa shape index (κ3) is 2.76. The van der Waals surface area contributed by atoms with Gasteiger partial charge in [-0.3, -0.25) is 9.59 Å². The average Bonchev–Trinajstić information content (AvgIpc) is 2.84. The second-order valence-electron chi connectivity index (χ2n) is 3.60. The van der Waals surface area contributed by atoms with Crippen molar-refractivity contribution in [3.05, 3.63) is 53.5 Å². The van der Waals surface area contributed by atoms with Gasteiger partial charge in [0.25, 0.3) is 0 Å². The van der Waals surface area contributed by atoms with Crippen LogP contribution in [0.15, 0.2) is 40.8 Å². The van der Waals surface area contributed by atoms with Gasteiger partial charge in [0, 0.05) is 5.56 Å². The highest BCUT2D eigenvalue weighted by Gasteiger charge is 2.04. The fourth-order valence-corrected chi connectivity index (χ4v) is 1.43. The first kappa shape index (κ1) is 11.9. The Morgan fingerprint density at radius 2 is 2.17 bits per heavy atom. The van der Waals surface area contributed by atoms with Gasteiger partial charge in [0.2, 0.25) is 5.91 Å². The summed E-state index contributed by atoms with van der Waals surface area (Å²) in [5, 5.41) is 0. The van der Waals surface area contributed by atoms with Gasteiger partial charge in [-0.2, -0.15) is 0 Å². The predicted octanol–water partition coefficient (Wildman–Crippen LogP) is 1.77. The number of rotatable bonds is 5. The van der Waals surface area contributed by atoms with E-state index in [2.05, 4.69) is 0 Å². The Balaban J connectivity index is 2.03. The maximum Gasteiger partial charge on any atom is 0.248 e. The molecule has 1 heterocycles.